The molecule has 3 rings (SSSR count). The second kappa shape index (κ2) is 4.56. The lowest BCUT2D eigenvalue weighted by molar-refractivity contribution is 0.632. The van der Waals surface area contributed by atoms with Gasteiger partial charge < -0.3 is 9.88 Å². The number of benzene rings is 1. The first kappa shape index (κ1) is 12.5. The zero-order valence-electron chi connectivity index (χ0n) is 11.5. The first-order valence-corrected chi connectivity index (χ1v) is 6.25. The molecule has 0 aliphatic heterocycles. The lowest BCUT2D eigenvalue weighted by Gasteiger charge is -2.09. The zero-order chi connectivity index (χ0) is 14.3. The van der Waals surface area contributed by atoms with Gasteiger partial charge in [0.05, 0.1) is 5.69 Å². The van der Waals surface area contributed by atoms with E-state index in [1.54, 1.807) is 25.1 Å². The highest BCUT2D eigenvalue weighted by Gasteiger charge is 2.14. The Morgan fingerprint density at radius 2 is 1.85 bits per heavy atom. The lowest BCUT2D eigenvalue weighted by Crippen LogP contribution is -2.02. The molecule has 0 aliphatic rings. The van der Waals surface area contributed by atoms with Gasteiger partial charge in [0.25, 0.3) is 0 Å². The van der Waals surface area contributed by atoms with Crippen LogP contribution in [0.3, 0.4) is 0 Å². The van der Waals surface area contributed by atoms with E-state index in [-0.39, 0.29) is 5.82 Å². The SMILES string of the molecule is Cc1nc(Nc2ccccc2F)c2c(n1)nc(C)n2C. The monoisotopic (exact) mass is 271 g/mol. The van der Waals surface area contributed by atoms with E-state index in [1.807, 2.05) is 18.5 Å². The molecule has 3 aromatic rings. The topological polar surface area (TPSA) is 55.6 Å². The molecule has 20 heavy (non-hydrogen) atoms. The number of nitrogens with one attached hydrogen (secondary N) is 1. The fraction of sp³-hybridized carbons (Fsp3) is 0.214. The number of hydrogen-bond acceptors (Lipinski definition) is 4. The van der Waals surface area contributed by atoms with Crippen LogP contribution in [-0.4, -0.2) is 19.5 Å². The van der Waals surface area contributed by atoms with Crippen molar-refractivity contribution in [3.8, 4) is 0 Å². The van der Waals surface area contributed by atoms with E-state index in [0.29, 0.717) is 23.0 Å². The molecule has 0 spiro atoms. The van der Waals surface area contributed by atoms with Crippen LogP contribution in [0.25, 0.3) is 11.2 Å². The highest BCUT2D eigenvalue weighted by molar-refractivity contribution is 5.86. The normalized spacial score (nSPS) is 11.0. The summed E-state index contributed by atoms with van der Waals surface area (Å²) in [5.74, 6) is 1.66. The summed E-state index contributed by atoms with van der Waals surface area (Å²) in [6.07, 6.45) is 0. The molecule has 0 saturated heterocycles. The lowest BCUT2D eigenvalue weighted by atomic mass is 10.3. The van der Waals surface area contributed by atoms with E-state index < -0.39 is 0 Å². The van der Waals surface area contributed by atoms with E-state index in [4.69, 9.17) is 0 Å². The number of rotatable bonds is 2. The smallest absolute Gasteiger partial charge is 0.183 e. The van der Waals surface area contributed by atoms with E-state index in [1.165, 1.54) is 6.07 Å². The Labute approximate surface area is 115 Å². The largest absolute Gasteiger partial charge is 0.336 e. The van der Waals surface area contributed by atoms with E-state index in [2.05, 4.69) is 20.3 Å². The molecule has 1 N–H and O–H groups in total. The van der Waals surface area contributed by atoms with E-state index in [9.17, 15) is 4.39 Å². The van der Waals surface area contributed by atoms with Crippen molar-refractivity contribution in [2.24, 2.45) is 7.05 Å². The van der Waals surface area contributed by atoms with Gasteiger partial charge in [-0.3, -0.25) is 0 Å². The van der Waals surface area contributed by atoms with Crippen LogP contribution >= 0.6 is 0 Å². The number of aromatic nitrogens is 4. The standard InChI is InChI=1S/C14H14FN5/c1-8-16-13-12(20(3)9(2)18-13)14(17-8)19-11-7-5-4-6-10(11)15/h4-7H,1-3H3,(H,16,17,19). The van der Waals surface area contributed by atoms with Crippen LogP contribution in [0.5, 0.6) is 0 Å². The molecule has 0 fully saturated rings. The molecule has 0 atom stereocenters. The molecule has 2 aromatic heterocycles. The van der Waals surface area contributed by atoms with Crippen LogP contribution in [0.1, 0.15) is 11.6 Å². The maximum absolute atomic E-state index is 13.8. The Morgan fingerprint density at radius 1 is 1.10 bits per heavy atom. The van der Waals surface area contributed by atoms with Crippen molar-refractivity contribution in [3.05, 3.63) is 41.7 Å². The Kier molecular flexibility index (Phi) is 2.85. The van der Waals surface area contributed by atoms with Crippen LogP contribution < -0.4 is 5.32 Å². The molecule has 0 bridgehead atoms. The Hall–Kier alpha value is -2.50. The molecule has 102 valence electrons. The summed E-state index contributed by atoms with van der Waals surface area (Å²) in [5.41, 5.74) is 1.75. The number of halogens is 1. The fourth-order valence-corrected chi connectivity index (χ4v) is 2.11. The third-order valence-electron chi connectivity index (χ3n) is 3.19. The van der Waals surface area contributed by atoms with Gasteiger partial charge in [-0.05, 0) is 26.0 Å². The molecule has 0 amide bonds. The van der Waals surface area contributed by atoms with Crippen molar-refractivity contribution >= 4 is 22.7 Å². The van der Waals surface area contributed by atoms with Crippen molar-refractivity contribution in [2.45, 2.75) is 13.8 Å². The fourth-order valence-electron chi connectivity index (χ4n) is 2.11. The van der Waals surface area contributed by atoms with Crippen LogP contribution in [0, 0.1) is 19.7 Å². The minimum Gasteiger partial charge on any atom is -0.336 e. The Bertz CT molecular complexity index is 794. The molecule has 6 heteroatoms. The summed E-state index contributed by atoms with van der Waals surface area (Å²) in [4.78, 5) is 13.0. The van der Waals surface area contributed by atoms with E-state index >= 15 is 0 Å². The predicted octanol–water partition coefficient (Wildman–Crippen LogP) is 2.86. The summed E-state index contributed by atoms with van der Waals surface area (Å²) in [7, 11) is 1.88. The zero-order valence-corrected chi connectivity index (χ0v) is 11.5. The van der Waals surface area contributed by atoms with Gasteiger partial charge in [-0.25, -0.2) is 19.3 Å². The highest BCUT2D eigenvalue weighted by atomic mass is 19.1. The van der Waals surface area contributed by atoms with E-state index in [0.717, 1.165) is 11.3 Å². The molecular formula is C14H14FN5. The number of aryl methyl sites for hydroxylation is 3. The van der Waals surface area contributed by atoms with Gasteiger partial charge in [-0.1, -0.05) is 12.1 Å². The molecule has 0 radical (unpaired) electrons. The van der Waals surface area contributed by atoms with Crippen molar-refractivity contribution in [1.29, 1.82) is 0 Å². The molecule has 5 nitrogen and oxygen atoms in total. The van der Waals surface area contributed by atoms with Crippen molar-refractivity contribution in [2.75, 3.05) is 5.32 Å². The molecular weight excluding hydrogens is 257 g/mol. The maximum atomic E-state index is 13.8. The summed E-state index contributed by atoms with van der Waals surface area (Å²) < 4.78 is 15.6. The van der Waals surface area contributed by atoms with Gasteiger partial charge in [0.1, 0.15) is 23.0 Å². The van der Waals surface area contributed by atoms with Crippen LogP contribution in [0.4, 0.5) is 15.9 Å². The third-order valence-corrected chi connectivity index (χ3v) is 3.19. The van der Waals surface area contributed by atoms with Gasteiger partial charge in [0, 0.05) is 7.05 Å². The summed E-state index contributed by atoms with van der Waals surface area (Å²) in [6, 6.07) is 6.49. The molecule has 0 unspecified atom stereocenters. The number of para-hydroxylation sites is 1. The quantitative estimate of drug-likeness (QED) is 0.778. The van der Waals surface area contributed by atoms with Gasteiger partial charge in [0.2, 0.25) is 0 Å². The molecule has 0 aliphatic carbocycles. The van der Waals surface area contributed by atoms with Crippen LogP contribution in [0.15, 0.2) is 24.3 Å². The number of nitrogens with zero attached hydrogens (tertiary/aromatic N) is 4. The average molecular weight is 271 g/mol. The van der Waals surface area contributed by atoms with Gasteiger partial charge in [-0.2, -0.15) is 0 Å². The summed E-state index contributed by atoms with van der Waals surface area (Å²) in [5, 5.41) is 3.02. The van der Waals surface area contributed by atoms with Gasteiger partial charge in [0.15, 0.2) is 11.5 Å². The Morgan fingerprint density at radius 3 is 2.60 bits per heavy atom. The number of fused-ring (bicyclic) bond motifs is 1. The van der Waals surface area contributed by atoms with Crippen molar-refractivity contribution < 1.29 is 4.39 Å². The number of imidazole rings is 1. The van der Waals surface area contributed by atoms with Crippen LogP contribution in [0.2, 0.25) is 0 Å². The average Bonchev–Trinajstić information content (AvgIpc) is 2.67. The van der Waals surface area contributed by atoms with Gasteiger partial charge in [-0.15, -0.1) is 0 Å². The molecule has 1 aromatic carbocycles. The van der Waals surface area contributed by atoms with Crippen LogP contribution in [-0.2, 0) is 7.05 Å². The van der Waals surface area contributed by atoms with Crippen molar-refractivity contribution in [1.82, 2.24) is 19.5 Å². The predicted molar refractivity (Wildman–Crippen MR) is 75.5 cm³/mol. The first-order valence-electron chi connectivity index (χ1n) is 6.25. The molecule has 2 heterocycles. The summed E-state index contributed by atoms with van der Waals surface area (Å²) >= 11 is 0. The summed E-state index contributed by atoms with van der Waals surface area (Å²) in [6.45, 7) is 3.68. The molecule has 0 saturated carbocycles. The minimum absolute atomic E-state index is 0.323. The van der Waals surface area contributed by atoms with Crippen molar-refractivity contribution in [3.63, 3.8) is 0 Å². The second-order valence-electron chi connectivity index (χ2n) is 4.61. The highest BCUT2D eigenvalue weighted by Crippen LogP contribution is 2.25. The number of hydrogen-bond donors (Lipinski definition) is 1. The third kappa shape index (κ3) is 1.99. The number of anilines is 2. The minimum atomic E-state index is -0.323. The Balaban J connectivity index is 2.18. The second-order valence-corrected chi connectivity index (χ2v) is 4.61. The first-order chi connectivity index (χ1) is 9.56. The van der Waals surface area contributed by atoms with Gasteiger partial charge >= 0.3 is 0 Å². The maximum Gasteiger partial charge on any atom is 0.183 e.